The summed E-state index contributed by atoms with van der Waals surface area (Å²) in [4.78, 5) is 10.8. The molecule has 1 amide bonds. The molecule has 5 nitrogen and oxygen atoms in total. The van der Waals surface area contributed by atoms with Gasteiger partial charge in [-0.3, -0.25) is 4.79 Å². The Bertz CT molecular complexity index is 253. The number of rotatable bonds is 6. The lowest BCUT2D eigenvalue weighted by Crippen LogP contribution is -2.27. The zero-order valence-corrected chi connectivity index (χ0v) is 9.53. The molecule has 0 heterocycles. The molecule has 0 unspecified atom stereocenters. The molecule has 0 saturated heterocycles. The Balaban J connectivity index is 3.41. The Labute approximate surface area is 86.2 Å². The summed E-state index contributed by atoms with van der Waals surface area (Å²) >= 11 is 3.11. The fourth-order valence-corrected chi connectivity index (χ4v) is 1.58. The summed E-state index contributed by atoms with van der Waals surface area (Å²) in [7, 11) is -3.39. The number of halogens is 1. The molecule has 0 aromatic rings. The molecule has 0 aromatic heterocycles. The normalized spacial score (nSPS) is 11.2. The van der Waals surface area contributed by atoms with Crippen molar-refractivity contribution in [3.8, 4) is 0 Å². The van der Waals surface area contributed by atoms with Gasteiger partial charge < -0.3 is 5.32 Å². The standard InChI is InChI=1S/C6H13BrN2O3S/c7-3-2-6(10)9-4-1-5-13(8,11)12/h1-5H2,(H,9,10)(H2,8,11,12). The second-order valence-corrected chi connectivity index (χ2v) is 5.04. The molecule has 0 fully saturated rings. The SMILES string of the molecule is NS(=O)(=O)CCCNC(=O)CCBr. The van der Waals surface area contributed by atoms with E-state index in [2.05, 4.69) is 21.2 Å². The maximum atomic E-state index is 10.8. The first-order valence-electron chi connectivity index (χ1n) is 3.79. The first-order valence-corrected chi connectivity index (χ1v) is 6.62. The van der Waals surface area contributed by atoms with Crippen molar-refractivity contribution in [1.29, 1.82) is 0 Å². The highest BCUT2D eigenvalue weighted by atomic mass is 79.9. The van der Waals surface area contributed by atoms with Crippen LogP contribution in [0.3, 0.4) is 0 Å². The molecule has 7 heteroatoms. The molecule has 0 aliphatic heterocycles. The molecular weight excluding hydrogens is 260 g/mol. The predicted octanol–water partition coefficient (Wildman–Crippen LogP) is -0.434. The molecule has 0 radical (unpaired) electrons. The lowest BCUT2D eigenvalue weighted by Gasteiger charge is -2.02. The van der Waals surface area contributed by atoms with Crippen molar-refractivity contribution in [1.82, 2.24) is 5.32 Å². The third-order valence-corrected chi connectivity index (χ3v) is 2.50. The van der Waals surface area contributed by atoms with Gasteiger partial charge in [0.15, 0.2) is 0 Å². The minimum absolute atomic E-state index is 0.0914. The number of hydrogen-bond acceptors (Lipinski definition) is 3. The van der Waals surface area contributed by atoms with Gasteiger partial charge in [0.2, 0.25) is 15.9 Å². The van der Waals surface area contributed by atoms with Crippen molar-refractivity contribution < 1.29 is 13.2 Å². The summed E-state index contributed by atoms with van der Waals surface area (Å²) in [5.74, 6) is -0.187. The van der Waals surface area contributed by atoms with Gasteiger partial charge in [0, 0.05) is 18.3 Å². The van der Waals surface area contributed by atoms with E-state index < -0.39 is 10.0 Å². The van der Waals surface area contributed by atoms with E-state index in [1.165, 1.54) is 0 Å². The minimum Gasteiger partial charge on any atom is -0.356 e. The van der Waals surface area contributed by atoms with Crippen molar-refractivity contribution in [3.63, 3.8) is 0 Å². The molecule has 0 saturated carbocycles. The zero-order chi connectivity index (χ0) is 10.3. The Kier molecular flexibility index (Phi) is 6.27. The Morgan fingerprint density at radius 2 is 2.08 bits per heavy atom. The topological polar surface area (TPSA) is 89.3 Å². The Hall–Kier alpha value is -0.140. The van der Waals surface area contributed by atoms with Gasteiger partial charge in [-0.15, -0.1) is 0 Å². The molecule has 78 valence electrons. The number of alkyl halides is 1. The molecule has 0 bridgehead atoms. The number of carbonyl (C=O) groups excluding carboxylic acids is 1. The van der Waals surface area contributed by atoms with Crippen LogP contribution in [-0.2, 0) is 14.8 Å². The smallest absolute Gasteiger partial charge is 0.220 e. The first kappa shape index (κ1) is 12.9. The summed E-state index contributed by atoms with van der Waals surface area (Å²) in [6.45, 7) is 0.349. The van der Waals surface area contributed by atoms with Crippen LogP contribution in [0.5, 0.6) is 0 Å². The van der Waals surface area contributed by atoms with E-state index in [1.807, 2.05) is 0 Å². The van der Waals surface area contributed by atoms with Crippen LogP contribution in [0, 0.1) is 0 Å². The maximum absolute atomic E-state index is 10.8. The maximum Gasteiger partial charge on any atom is 0.220 e. The molecule has 0 atom stereocenters. The average molecular weight is 273 g/mol. The van der Waals surface area contributed by atoms with Crippen molar-refractivity contribution in [2.24, 2.45) is 5.14 Å². The molecule has 0 aliphatic carbocycles. The monoisotopic (exact) mass is 272 g/mol. The van der Waals surface area contributed by atoms with Gasteiger partial charge in [0.1, 0.15) is 0 Å². The van der Waals surface area contributed by atoms with Gasteiger partial charge in [-0.05, 0) is 6.42 Å². The van der Waals surface area contributed by atoms with E-state index in [-0.39, 0.29) is 11.7 Å². The molecule has 0 spiro atoms. The van der Waals surface area contributed by atoms with Gasteiger partial charge in [0.25, 0.3) is 0 Å². The van der Waals surface area contributed by atoms with Crippen molar-refractivity contribution in [3.05, 3.63) is 0 Å². The molecule has 0 aromatic carbocycles. The second-order valence-electron chi connectivity index (χ2n) is 2.51. The number of amides is 1. The van der Waals surface area contributed by atoms with Gasteiger partial charge in [-0.1, -0.05) is 15.9 Å². The van der Waals surface area contributed by atoms with Gasteiger partial charge in [-0.2, -0.15) is 0 Å². The average Bonchev–Trinajstić information content (AvgIpc) is 1.97. The Morgan fingerprint density at radius 1 is 1.46 bits per heavy atom. The fraction of sp³-hybridized carbons (Fsp3) is 0.833. The summed E-state index contributed by atoms with van der Waals surface area (Å²) in [5.41, 5.74) is 0. The quantitative estimate of drug-likeness (QED) is 0.508. The van der Waals surface area contributed by atoms with E-state index in [1.54, 1.807) is 0 Å². The molecule has 0 rings (SSSR count). The lowest BCUT2D eigenvalue weighted by atomic mass is 10.4. The van der Waals surface area contributed by atoms with Crippen LogP contribution in [0.4, 0.5) is 0 Å². The largest absolute Gasteiger partial charge is 0.356 e. The van der Waals surface area contributed by atoms with Crippen LogP contribution in [0.25, 0.3) is 0 Å². The van der Waals surface area contributed by atoms with Crippen LogP contribution in [0.15, 0.2) is 0 Å². The molecule has 0 aliphatic rings. The second kappa shape index (κ2) is 6.33. The van der Waals surface area contributed by atoms with Crippen LogP contribution in [-0.4, -0.2) is 32.0 Å². The summed E-state index contributed by atoms with van der Waals surface area (Å²) in [6.07, 6.45) is 0.752. The van der Waals surface area contributed by atoms with Crippen molar-refractivity contribution in [2.45, 2.75) is 12.8 Å². The highest BCUT2D eigenvalue weighted by molar-refractivity contribution is 9.09. The third kappa shape index (κ3) is 9.78. The minimum atomic E-state index is -3.39. The van der Waals surface area contributed by atoms with E-state index in [4.69, 9.17) is 5.14 Å². The predicted molar refractivity (Wildman–Crippen MR) is 54.0 cm³/mol. The van der Waals surface area contributed by atoms with Gasteiger partial charge in [0.05, 0.1) is 5.75 Å². The summed E-state index contributed by atoms with van der Waals surface area (Å²) in [5, 5.41) is 7.94. The molecule has 3 N–H and O–H groups in total. The number of carbonyl (C=O) groups is 1. The highest BCUT2D eigenvalue weighted by Crippen LogP contribution is 1.88. The Morgan fingerprint density at radius 3 is 2.54 bits per heavy atom. The van der Waals surface area contributed by atoms with Crippen molar-refractivity contribution >= 4 is 31.9 Å². The third-order valence-electron chi connectivity index (χ3n) is 1.25. The van der Waals surface area contributed by atoms with E-state index in [0.717, 1.165) is 0 Å². The number of nitrogens with one attached hydrogen (secondary N) is 1. The zero-order valence-electron chi connectivity index (χ0n) is 7.12. The molecule has 13 heavy (non-hydrogen) atoms. The van der Waals surface area contributed by atoms with Crippen LogP contribution < -0.4 is 10.5 Å². The van der Waals surface area contributed by atoms with Crippen LogP contribution in [0.1, 0.15) is 12.8 Å². The van der Waals surface area contributed by atoms with Crippen LogP contribution >= 0.6 is 15.9 Å². The number of primary sulfonamides is 1. The van der Waals surface area contributed by atoms with E-state index in [0.29, 0.717) is 24.7 Å². The highest BCUT2D eigenvalue weighted by Gasteiger charge is 2.03. The summed E-state index contributed by atoms with van der Waals surface area (Å²) in [6, 6.07) is 0. The fourth-order valence-electron chi connectivity index (χ4n) is 0.675. The number of nitrogens with two attached hydrogens (primary N) is 1. The van der Waals surface area contributed by atoms with Gasteiger partial charge in [-0.25, -0.2) is 13.6 Å². The summed E-state index contributed by atoms with van der Waals surface area (Å²) < 4.78 is 20.9. The lowest BCUT2D eigenvalue weighted by molar-refractivity contribution is -0.120. The van der Waals surface area contributed by atoms with Crippen molar-refractivity contribution in [2.75, 3.05) is 17.6 Å². The molecular formula is C6H13BrN2O3S. The van der Waals surface area contributed by atoms with E-state index >= 15 is 0 Å². The first-order chi connectivity index (χ1) is 5.95. The van der Waals surface area contributed by atoms with Gasteiger partial charge >= 0.3 is 0 Å². The van der Waals surface area contributed by atoms with Crippen LogP contribution in [0.2, 0.25) is 0 Å². The number of sulfonamides is 1. The van der Waals surface area contributed by atoms with E-state index in [9.17, 15) is 13.2 Å². The number of hydrogen-bond donors (Lipinski definition) is 2.